The SMILES string of the molecule is Cc1noc(C)c1S(=O)(=O)Nc1ncc2ccccn12. The van der Waals surface area contributed by atoms with E-state index in [-0.39, 0.29) is 16.6 Å². The van der Waals surface area contributed by atoms with Crippen LogP contribution in [-0.4, -0.2) is 23.0 Å². The fourth-order valence-corrected chi connectivity index (χ4v) is 3.38. The first kappa shape index (κ1) is 12.7. The van der Waals surface area contributed by atoms with Gasteiger partial charge in [-0.15, -0.1) is 0 Å². The van der Waals surface area contributed by atoms with Gasteiger partial charge in [0.1, 0.15) is 5.69 Å². The average molecular weight is 292 g/mol. The predicted octanol–water partition coefficient (Wildman–Crippen LogP) is 1.74. The van der Waals surface area contributed by atoms with E-state index in [1.807, 2.05) is 12.1 Å². The molecule has 0 aliphatic rings. The minimum Gasteiger partial charge on any atom is -0.360 e. The minimum atomic E-state index is -3.78. The van der Waals surface area contributed by atoms with Crippen molar-refractivity contribution < 1.29 is 12.9 Å². The lowest BCUT2D eigenvalue weighted by atomic mass is 10.4. The van der Waals surface area contributed by atoms with Crippen LogP contribution in [0.25, 0.3) is 5.52 Å². The molecule has 104 valence electrons. The van der Waals surface area contributed by atoms with Crippen molar-refractivity contribution in [3.8, 4) is 0 Å². The summed E-state index contributed by atoms with van der Waals surface area (Å²) in [6.07, 6.45) is 3.32. The molecule has 0 saturated heterocycles. The smallest absolute Gasteiger partial charge is 0.269 e. The molecule has 0 saturated carbocycles. The number of sulfonamides is 1. The van der Waals surface area contributed by atoms with Gasteiger partial charge in [0.2, 0.25) is 5.95 Å². The van der Waals surface area contributed by atoms with E-state index in [0.717, 1.165) is 5.52 Å². The molecule has 3 heterocycles. The molecule has 0 fully saturated rings. The molecule has 3 rings (SSSR count). The number of hydrogen-bond acceptors (Lipinski definition) is 5. The fraction of sp³-hybridized carbons (Fsp3) is 0.167. The first-order valence-corrected chi connectivity index (χ1v) is 7.35. The van der Waals surface area contributed by atoms with Crippen LogP contribution in [0, 0.1) is 13.8 Å². The summed E-state index contributed by atoms with van der Waals surface area (Å²) >= 11 is 0. The molecule has 20 heavy (non-hydrogen) atoms. The van der Waals surface area contributed by atoms with Gasteiger partial charge < -0.3 is 4.52 Å². The number of anilines is 1. The van der Waals surface area contributed by atoms with Crippen LogP contribution in [0.4, 0.5) is 5.95 Å². The first-order chi connectivity index (χ1) is 9.49. The zero-order valence-electron chi connectivity index (χ0n) is 10.9. The number of aromatic nitrogens is 3. The Labute approximate surface area is 115 Å². The van der Waals surface area contributed by atoms with Crippen molar-refractivity contribution in [3.63, 3.8) is 0 Å². The molecule has 0 amide bonds. The lowest BCUT2D eigenvalue weighted by Gasteiger charge is -2.06. The second kappa shape index (κ2) is 4.34. The Morgan fingerprint density at radius 1 is 1.30 bits per heavy atom. The maximum absolute atomic E-state index is 12.4. The van der Waals surface area contributed by atoms with Gasteiger partial charge in [0.05, 0.1) is 11.7 Å². The molecule has 0 aromatic carbocycles. The van der Waals surface area contributed by atoms with Gasteiger partial charge in [-0.3, -0.25) is 4.40 Å². The first-order valence-electron chi connectivity index (χ1n) is 5.87. The summed E-state index contributed by atoms with van der Waals surface area (Å²) in [7, 11) is -3.78. The van der Waals surface area contributed by atoms with Gasteiger partial charge >= 0.3 is 0 Å². The molecular formula is C12H12N4O3S. The molecule has 1 N–H and O–H groups in total. The van der Waals surface area contributed by atoms with Crippen molar-refractivity contribution in [1.29, 1.82) is 0 Å². The van der Waals surface area contributed by atoms with Gasteiger partial charge in [0.15, 0.2) is 10.7 Å². The molecule has 0 unspecified atom stereocenters. The van der Waals surface area contributed by atoms with Crippen LogP contribution < -0.4 is 4.72 Å². The largest absolute Gasteiger partial charge is 0.360 e. The minimum absolute atomic E-state index is 0.0465. The number of aryl methyl sites for hydroxylation is 2. The number of rotatable bonds is 3. The summed E-state index contributed by atoms with van der Waals surface area (Å²) in [4.78, 5) is 4.12. The third kappa shape index (κ3) is 1.94. The molecular weight excluding hydrogens is 280 g/mol. The summed E-state index contributed by atoms with van der Waals surface area (Å²) in [5.41, 5.74) is 1.11. The summed E-state index contributed by atoms with van der Waals surface area (Å²) in [5, 5.41) is 3.65. The monoisotopic (exact) mass is 292 g/mol. The highest BCUT2D eigenvalue weighted by Crippen LogP contribution is 2.22. The van der Waals surface area contributed by atoms with Crippen molar-refractivity contribution in [1.82, 2.24) is 14.5 Å². The van der Waals surface area contributed by atoms with Crippen LogP contribution in [0.3, 0.4) is 0 Å². The fourth-order valence-electron chi connectivity index (χ4n) is 2.05. The molecule has 7 nitrogen and oxygen atoms in total. The normalized spacial score (nSPS) is 11.9. The number of fused-ring (bicyclic) bond motifs is 1. The molecule has 0 spiro atoms. The van der Waals surface area contributed by atoms with E-state index in [0.29, 0.717) is 5.69 Å². The van der Waals surface area contributed by atoms with E-state index in [4.69, 9.17) is 4.52 Å². The highest BCUT2D eigenvalue weighted by atomic mass is 32.2. The third-order valence-corrected chi connectivity index (χ3v) is 4.47. The Balaban J connectivity index is 2.06. The third-order valence-electron chi connectivity index (χ3n) is 2.90. The zero-order valence-corrected chi connectivity index (χ0v) is 11.7. The Bertz CT molecular complexity index is 860. The van der Waals surface area contributed by atoms with Gasteiger partial charge in [0, 0.05) is 6.20 Å². The maximum atomic E-state index is 12.4. The van der Waals surface area contributed by atoms with E-state index >= 15 is 0 Å². The predicted molar refractivity (Wildman–Crippen MR) is 72.0 cm³/mol. The molecule has 0 radical (unpaired) electrons. The highest BCUT2D eigenvalue weighted by molar-refractivity contribution is 7.92. The molecule has 0 atom stereocenters. The van der Waals surface area contributed by atoms with Crippen molar-refractivity contribution >= 4 is 21.5 Å². The number of pyridine rings is 1. The quantitative estimate of drug-likeness (QED) is 0.794. The van der Waals surface area contributed by atoms with Gasteiger partial charge in [-0.2, -0.15) is 0 Å². The Morgan fingerprint density at radius 3 is 2.80 bits per heavy atom. The van der Waals surface area contributed by atoms with Gasteiger partial charge in [-0.05, 0) is 26.0 Å². The summed E-state index contributed by atoms with van der Waals surface area (Å²) in [6.45, 7) is 3.13. The van der Waals surface area contributed by atoms with Crippen molar-refractivity contribution in [3.05, 3.63) is 42.0 Å². The average Bonchev–Trinajstić information content (AvgIpc) is 2.94. The van der Waals surface area contributed by atoms with Crippen LogP contribution >= 0.6 is 0 Å². The summed E-state index contributed by atoms with van der Waals surface area (Å²) in [6, 6.07) is 5.48. The number of imidazole rings is 1. The number of nitrogens with one attached hydrogen (secondary N) is 1. The van der Waals surface area contributed by atoms with Crippen LogP contribution in [-0.2, 0) is 10.0 Å². The lowest BCUT2D eigenvalue weighted by molar-refractivity contribution is 0.390. The molecule has 3 aromatic heterocycles. The number of hydrogen-bond donors (Lipinski definition) is 1. The standard InChI is InChI=1S/C12H12N4O3S/c1-8-11(9(2)19-14-8)20(17,18)15-12-13-7-10-5-3-4-6-16(10)12/h3-7H,1-2H3,(H,13,15). The van der Waals surface area contributed by atoms with Crippen LogP contribution in [0.2, 0.25) is 0 Å². The summed E-state index contributed by atoms with van der Waals surface area (Å²) in [5.74, 6) is 0.469. The Hall–Kier alpha value is -2.35. The second-order valence-corrected chi connectivity index (χ2v) is 5.96. The van der Waals surface area contributed by atoms with Crippen LogP contribution in [0.15, 0.2) is 40.0 Å². The van der Waals surface area contributed by atoms with E-state index in [1.165, 1.54) is 0 Å². The molecule has 3 aromatic rings. The lowest BCUT2D eigenvalue weighted by Crippen LogP contribution is -2.16. The van der Waals surface area contributed by atoms with E-state index in [1.54, 1.807) is 36.7 Å². The molecule has 0 aliphatic carbocycles. The zero-order chi connectivity index (χ0) is 14.3. The van der Waals surface area contributed by atoms with E-state index in [2.05, 4.69) is 14.9 Å². The highest BCUT2D eigenvalue weighted by Gasteiger charge is 2.25. The van der Waals surface area contributed by atoms with E-state index in [9.17, 15) is 8.42 Å². The van der Waals surface area contributed by atoms with Crippen molar-refractivity contribution in [2.45, 2.75) is 18.7 Å². The van der Waals surface area contributed by atoms with Crippen molar-refractivity contribution in [2.75, 3.05) is 4.72 Å². The molecule has 0 bridgehead atoms. The molecule has 8 heteroatoms. The van der Waals surface area contributed by atoms with Crippen molar-refractivity contribution in [2.24, 2.45) is 0 Å². The van der Waals surface area contributed by atoms with Crippen LogP contribution in [0.5, 0.6) is 0 Å². The van der Waals surface area contributed by atoms with Gasteiger partial charge in [-0.25, -0.2) is 18.1 Å². The van der Waals surface area contributed by atoms with Crippen LogP contribution in [0.1, 0.15) is 11.5 Å². The Kier molecular flexibility index (Phi) is 2.75. The maximum Gasteiger partial charge on any atom is 0.269 e. The topological polar surface area (TPSA) is 89.5 Å². The number of nitrogens with zero attached hydrogens (tertiary/aromatic N) is 3. The van der Waals surface area contributed by atoms with Gasteiger partial charge in [0.25, 0.3) is 10.0 Å². The van der Waals surface area contributed by atoms with E-state index < -0.39 is 10.0 Å². The summed E-state index contributed by atoms with van der Waals surface area (Å²) < 4.78 is 33.8. The Morgan fingerprint density at radius 2 is 2.10 bits per heavy atom. The van der Waals surface area contributed by atoms with Gasteiger partial charge in [-0.1, -0.05) is 11.2 Å². The molecule has 0 aliphatic heterocycles. The second-order valence-electron chi connectivity index (χ2n) is 4.34.